The van der Waals surface area contributed by atoms with E-state index in [1.54, 1.807) is 50.6 Å². The van der Waals surface area contributed by atoms with Crippen molar-refractivity contribution in [3.63, 3.8) is 0 Å². The molecule has 2 N–H and O–H groups in total. The Hall–Kier alpha value is -5.11. The van der Waals surface area contributed by atoms with Crippen molar-refractivity contribution in [3.05, 3.63) is 119 Å². The number of nitrogens with zero attached hydrogens (tertiary/aromatic N) is 1. The number of carbonyl (C=O) groups is 3. The van der Waals surface area contributed by atoms with Crippen LogP contribution in [0.15, 0.2) is 97.1 Å². The lowest BCUT2D eigenvalue weighted by atomic mass is 9.94. The maximum absolute atomic E-state index is 14.0. The van der Waals surface area contributed by atoms with Gasteiger partial charge in [0, 0.05) is 30.8 Å². The molecular formula is C34H34N2O6. The quantitative estimate of drug-likeness (QED) is 0.223. The van der Waals surface area contributed by atoms with Crippen molar-refractivity contribution in [2.45, 2.75) is 19.4 Å². The predicted octanol–water partition coefficient (Wildman–Crippen LogP) is 5.46. The van der Waals surface area contributed by atoms with Crippen LogP contribution in [0.25, 0.3) is 11.1 Å². The molecule has 0 heterocycles. The second kappa shape index (κ2) is 14.5. The average molecular weight is 567 g/mol. The summed E-state index contributed by atoms with van der Waals surface area (Å²) in [6.45, 7) is 0.641. The Kier molecular flexibility index (Phi) is 10.3. The van der Waals surface area contributed by atoms with Gasteiger partial charge in [-0.15, -0.1) is 0 Å². The molecule has 8 nitrogen and oxygen atoms in total. The van der Waals surface area contributed by atoms with E-state index < -0.39 is 5.97 Å². The van der Waals surface area contributed by atoms with Crippen molar-refractivity contribution in [3.8, 4) is 22.6 Å². The van der Waals surface area contributed by atoms with Gasteiger partial charge in [-0.3, -0.25) is 14.4 Å². The van der Waals surface area contributed by atoms with Gasteiger partial charge in [-0.25, -0.2) is 0 Å². The number of para-hydroxylation sites is 1. The number of rotatable bonds is 13. The Morgan fingerprint density at radius 1 is 0.738 bits per heavy atom. The van der Waals surface area contributed by atoms with Crippen LogP contribution < -0.4 is 14.8 Å². The highest BCUT2D eigenvalue weighted by Crippen LogP contribution is 2.32. The summed E-state index contributed by atoms with van der Waals surface area (Å²) in [6.07, 6.45) is 0.216. The molecule has 0 aliphatic carbocycles. The minimum Gasteiger partial charge on any atom is -0.493 e. The number of carbonyl (C=O) groups excluding carboxylic acids is 2. The smallest absolute Gasteiger partial charge is 0.305 e. The zero-order valence-electron chi connectivity index (χ0n) is 23.7. The minimum absolute atomic E-state index is 0.0218. The van der Waals surface area contributed by atoms with Crippen LogP contribution in [0.2, 0.25) is 0 Å². The Balaban J connectivity index is 1.63. The molecule has 4 aromatic rings. The van der Waals surface area contributed by atoms with Crippen LogP contribution in [0.4, 0.5) is 0 Å². The number of ether oxygens (including phenoxy) is 2. The molecule has 4 aromatic carbocycles. The molecule has 0 fully saturated rings. The number of aliphatic carboxylic acids is 1. The summed E-state index contributed by atoms with van der Waals surface area (Å²) >= 11 is 0. The van der Waals surface area contributed by atoms with E-state index >= 15 is 0 Å². The van der Waals surface area contributed by atoms with E-state index in [1.807, 2.05) is 60.7 Å². The summed E-state index contributed by atoms with van der Waals surface area (Å²) < 4.78 is 10.9. The third-order valence-corrected chi connectivity index (χ3v) is 6.93. The summed E-state index contributed by atoms with van der Waals surface area (Å²) in [5.41, 5.74) is 3.82. The Bertz CT molecular complexity index is 1540. The van der Waals surface area contributed by atoms with Crippen LogP contribution in [-0.2, 0) is 17.8 Å². The van der Waals surface area contributed by atoms with Crippen molar-refractivity contribution in [1.29, 1.82) is 0 Å². The van der Waals surface area contributed by atoms with Gasteiger partial charge in [0.2, 0.25) is 0 Å². The summed E-state index contributed by atoms with van der Waals surface area (Å²) in [6, 6.07) is 29.4. The molecule has 0 unspecified atom stereocenters. The van der Waals surface area contributed by atoms with Crippen molar-refractivity contribution in [2.75, 3.05) is 27.3 Å². The predicted molar refractivity (Wildman–Crippen MR) is 161 cm³/mol. The van der Waals surface area contributed by atoms with Crippen LogP contribution >= 0.6 is 0 Å². The fourth-order valence-electron chi connectivity index (χ4n) is 4.82. The minimum atomic E-state index is -1.000. The molecule has 2 amide bonds. The maximum atomic E-state index is 14.0. The molecule has 216 valence electrons. The monoisotopic (exact) mass is 566 g/mol. The third-order valence-electron chi connectivity index (χ3n) is 6.93. The van der Waals surface area contributed by atoms with Gasteiger partial charge in [-0.2, -0.15) is 0 Å². The molecule has 0 bridgehead atoms. The van der Waals surface area contributed by atoms with Gasteiger partial charge in [0.25, 0.3) is 11.8 Å². The average Bonchev–Trinajstić information content (AvgIpc) is 3.03. The number of methoxy groups -OCH3 is 2. The SMILES string of the molecule is COc1cccc(CCN(CCC(=O)O)C(=O)c2ccccc2-c2ccccc2C(=O)NCc2ccccc2)c1OC. The van der Waals surface area contributed by atoms with Gasteiger partial charge in [0.05, 0.1) is 20.6 Å². The molecule has 0 radical (unpaired) electrons. The molecule has 0 aliphatic heterocycles. The van der Waals surface area contributed by atoms with Gasteiger partial charge >= 0.3 is 5.97 Å². The highest BCUT2D eigenvalue weighted by Gasteiger charge is 2.23. The standard InChI is InChI=1S/C34H34N2O6/c1-41-30-18-10-13-25(32(30)42-2)19-21-36(22-20-31(37)38)34(40)29-17-9-7-15-27(29)26-14-6-8-16-28(26)33(39)35-23-24-11-4-3-5-12-24/h3-18H,19-23H2,1-2H3,(H,35,39)(H,37,38). The normalized spacial score (nSPS) is 10.5. The van der Waals surface area contributed by atoms with E-state index in [-0.39, 0.29) is 31.3 Å². The van der Waals surface area contributed by atoms with Crippen LogP contribution in [0.3, 0.4) is 0 Å². The second-order valence-corrected chi connectivity index (χ2v) is 9.60. The number of carboxylic acid groups (broad SMARTS) is 1. The Morgan fingerprint density at radius 3 is 2.05 bits per heavy atom. The lowest BCUT2D eigenvalue weighted by Crippen LogP contribution is -2.35. The lowest BCUT2D eigenvalue weighted by molar-refractivity contribution is -0.137. The first kappa shape index (κ1) is 29.9. The first-order valence-corrected chi connectivity index (χ1v) is 13.6. The summed E-state index contributed by atoms with van der Waals surface area (Å²) in [5.74, 6) is -0.439. The fourth-order valence-corrected chi connectivity index (χ4v) is 4.82. The number of hydrogen-bond donors (Lipinski definition) is 2. The van der Waals surface area contributed by atoms with Crippen molar-refractivity contribution >= 4 is 17.8 Å². The van der Waals surface area contributed by atoms with E-state index in [1.165, 1.54) is 4.90 Å². The molecule has 4 rings (SSSR count). The summed E-state index contributed by atoms with van der Waals surface area (Å²) in [4.78, 5) is 40.3. The van der Waals surface area contributed by atoms with Gasteiger partial charge in [0.1, 0.15) is 0 Å². The molecule has 0 saturated heterocycles. The maximum Gasteiger partial charge on any atom is 0.305 e. The molecule has 0 aliphatic rings. The molecule has 42 heavy (non-hydrogen) atoms. The van der Waals surface area contributed by atoms with E-state index in [4.69, 9.17) is 9.47 Å². The summed E-state index contributed by atoms with van der Waals surface area (Å²) in [5, 5.41) is 12.4. The number of carboxylic acids is 1. The zero-order chi connectivity index (χ0) is 29.9. The number of nitrogens with one attached hydrogen (secondary N) is 1. The Labute approximate surface area is 245 Å². The van der Waals surface area contributed by atoms with E-state index in [0.717, 1.165) is 11.1 Å². The largest absolute Gasteiger partial charge is 0.493 e. The third kappa shape index (κ3) is 7.34. The van der Waals surface area contributed by atoms with Gasteiger partial charge < -0.3 is 24.8 Å². The van der Waals surface area contributed by atoms with Gasteiger partial charge in [-0.1, -0.05) is 78.9 Å². The molecule has 0 spiro atoms. The molecule has 0 saturated carbocycles. The van der Waals surface area contributed by atoms with E-state index in [2.05, 4.69) is 5.32 Å². The zero-order valence-corrected chi connectivity index (χ0v) is 23.7. The second-order valence-electron chi connectivity index (χ2n) is 9.60. The molecular weight excluding hydrogens is 532 g/mol. The molecule has 0 atom stereocenters. The van der Waals surface area contributed by atoms with E-state index in [9.17, 15) is 19.5 Å². The highest BCUT2D eigenvalue weighted by atomic mass is 16.5. The number of benzene rings is 4. The van der Waals surface area contributed by atoms with Crippen molar-refractivity contribution in [2.24, 2.45) is 0 Å². The molecule has 8 heteroatoms. The fraction of sp³-hybridized carbons (Fsp3) is 0.206. The van der Waals surface area contributed by atoms with Gasteiger partial charge in [-0.05, 0) is 46.9 Å². The topological polar surface area (TPSA) is 105 Å². The van der Waals surface area contributed by atoms with Crippen molar-refractivity contribution in [1.82, 2.24) is 10.2 Å². The number of hydrogen-bond acceptors (Lipinski definition) is 5. The van der Waals surface area contributed by atoms with Crippen LogP contribution in [0.1, 0.15) is 38.3 Å². The van der Waals surface area contributed by atoms with Crippen molar-refractivity contribution < 1.29 is 29.0 Å². The van der Waals surface area contributed by atoms with Crippen LogP contribution in [0.5, 0.6) is 11.5 Å². The first-order valence-electron chi connectivity index (χ1n) is 13.6. The number of amides is 2. The summed E-state index contributed by atoms with van der Waals surface area (Å²) in [7, 11) is 3.11. The van der Waals surface area contributed by atoms with E-state index in [0.29, 0.717) is 46.7 Å². The highest BCUT2D eigenvalue weighted by molar-refractivity contribution is 6.06. The molecule has 0 aromatic heterocycles. The van der Waals surface area contributed by atoms with Crippen LogP contribution in [0, 0.1) is 0 Å². The lowest BCUT2D eigenvalue weighted by Gasteiger charge is -2.24. The first-order chi connectivity index (χ1) is 20.4. The van der Waals surface area contributed by atoms with Crippen LogP contribution in [-0.4, -0.2) is 55.1 Å². The van der Waals surface area contributed by atoms with Gasteiger partial charge in [0.15, 0.2) is 11.5 Å². The Morgan fingerprint density at radius 2 is 1.38 bits per heavy atom.